The van der Waals surface area contributed by atoms with Crippen LogP contribution >= 0.6 is 0 Å². The average molecular weight is 376 g/mol. The predicted octanol–water partition coefficient (Wildman–Crippen LogP) is 2.01. The van der Waals surface area contributed by atoms with Crippen molar-refractivity contribution in [1.29, 1.82) is 0 Å². The number of nitrogens with one attached hydrogen (secondary N) is 2. The predicted molar refractivity (Wildman–Crippen MR) is 96.4 cm³/mol. The van der Waals surface area contributed by atoms with E-state index in [0.29, 0.717) is 30.2 Å². The first-order chi connectivity index (χ1) is 12.3. The molecule has 1 atom stereocenters. The number of hydrogen-bond donors (Lipinski definition) is 2. The van der Waals surface area contributed by atoms with Gasteiger partial charge in [0.15, 0.2) is 0 Å². The molecule has 26 heavy (non-hydrogen) atoms. The van der Waals surface area contributed by atoms with Gasteiger partial charge in [0, 0.05) is 24.1 Å². The zero-order valence-electron chi connectivity index (χ0n) is 14.5. The van der Waals surface area contributed by atoms with Crippen LogP contribution in [0.25, 0.3) is 0 Å². The Labute approximate surface area is 152 Å². The highest BCUT2D eigenvalue weighted by atomic mass is 32.2. The number of hydrogen-bond acceptors (Lipinski definition) is 6. The minimum absolute atomic E-state index is 0.0709. The number of aryl methyl sites for hydroxylation is 2. The van der Waals surface area contributed by atoms with Crippen LogP contribution < -0.4 is 10.0 Å². The first-order valence-electron chi connectivity index (χ1n) is 8.21. The summed E-state index contributed by atoms with van der Waals surface area (Å²) >= 11 is 0. The number of ether oxygens (including phenoxy) is 1. The minimum Gasteiger partial charge on any atom is -0.368 e. The molecule has 2 aromatic rings. The maximum absolute atomic E-state index is 12.5. The first kappa shape index (κ1) is 18.3. The lowest BCUT2D eigenvalue weighted by Gasteiger charge is -2.12. The number of nitrogens with zero attached hydrogens (tertiary/aromatic N) is 2. The summed E-state index contributed by atoms with van der Waals surface area (Å²) in [7, 11) is -3.79. The van der Waals surface area contributed by atoms with Gasteiger partial charge in [-0.05, 0) is 51.0 Å². The summed E-state index contributed by atoms with van der Waals surface area (Å²) in [4.78, 5) is 20.3. The van der Waals surface area contributed by atoms with E-state index in [-0.39, 0.29) is 16.6 Å². The highest BCUT2D eigenvalue weighted by Gasteiger charge is 2.23. The summed E-state index contributed by atoms with van der Waals surface area (Å²) < 4.78 is 32.7. The van der Waals surface area contributed by atoms with Gasteiger partial charge in [-0.25, -0.2) is 18.4 Å². The zero-order valence-corrected chi connectivity index (χ0v) is 15.3. The Bertz CT molecular complexity index is 887. The van der Waals surface area contributed by atoms with E-state index < -0.39 is 16.1 Å². The van der Waals surface area contributed by atoms with Crippen molar-refractivity contribution in [3.63, 3.8) is 0 Å². The highest BCUT2D eigenvalue weighted by Crippen LogP contribution is 2.19. The molecule has 0 unspecified atom stereocenters. The van der Waals surface area contributed by atoms with E-state index in [1.807, 2.05) is 0 Å². The fourth-order valence-corrected chi connectivity index (χ4v) is 3.68. The van der Waals surface area contributed by atoms with Crippen LogP contribution in [0.1, 0.15) is 24.4 Å². The van der Waals surface area contributed by atoms with Gasteiger partial charge in [-0.3, -0.25) is 9.52 Å². The van der Waals surface area contributed by atoms with Gasteiger partial charge >= 0.3 is 0 Å². The van der Waals surface area contributed by atoms with Gasteiger partial charge < -0.3 is 10.1 Å². The van der Waals surface area contributed by atoms with E-state index in [4.69, 9.17) is 4.74 Å². The highest BCUT2D eigenvalue weighted by molar-refractivity contribution is 7.92. The van der Waals surface area contributed by atoms with Gasteiger partial charge in [0.2, 0.25) is 0 Å². The molecule has 1 saturated heterocycles. The van der Waals surface area contributed by atoms with Crippen LogP contribution in [0.3, 0.4) is 0 Å². The van der Waals surface area contributed by atoms with Crippen molar-refractivity contribution >= 4 is 27.4 Å². The van der Waals surface area contributed by atoms with Crippen LogP contribution in [0.5, 0.6) is 0 Å². The van der Waals surface area contributed by atoms with Crippen LogP contribution in [0.15, 0.2) is 35.2 Å². The Morgan fingerprint density at radius 3 is 2.54 bits per heavy atom. The lowest BCUT2D eigenvalue weighted by atomic mass is 10.2. The van der Waals surface area contributed by atoms with E-state index in [1.165, 1.54) is 24.3 Å². The summed E-state index contributed by atoms with van der Waals surface area (Å²) in [6.45, 7) is 4.04. The molecule has 2 N–H and O–H groups in total. The second-order valence-electron chi connectivity index (χ2n) is 6.06. The van der Waals surface area contributed by atoms with Crippen LogP contribution in [0.4, 0.5) is 11.5 Å². The number of carbonyl (C=O) groups is 1. The molecular weight excluding hydrogens is 356 g/mol. The fraction of sp³-hybridized carbons (Fsp3) is 0.353. The number of benzene rings is 1. The molecule has 0 saturated carbocycles. The summed E-state index contributed by atoms with van der Waals surface area (Å²) in [6.07, 6.45) is 1.12. The van der Waals surface area contributed by atoms with Crippen molar-refractivity contribution in [3.05, 3.63) is 41.9 Å². The molecule has 1 aromatic heterocycles. The van der Waals surface area contributed by atoms with Crippen molar-refractivity contribution in [1.82, 2.24) is 9.97 Å². The van der Waals surface area contributed by atoms with Gasteiger partial charge in [-0.2, -0.15) is 0 Å². The van der Waals surface area contributed by atoms with Crippen molar-refractivity contribution in [2.24, 2.45) is 0 Å². The Morgan fingerprint density at radius 1 is 1.19 bits per heavy atom. The maximum Gasteiger partial charge on any atom is 0.263 e. The molecule has 9 heteroatoms. The summed E-state index contributed by atoms with van der Waals surface area (Å²) in [5.41, 5.74) is 1.18. The van der Waals surface area contributed by atoms with Crippen molar-refractivity contribution in [2.45, 2.75) is 37.7 Å². The quantitative estimate of drug-likeness (QED) is 0.826. The van der Waals surface area contributed by atoms with E-state index >= 15 is 0 Å². The third-order valence-electron chi connectivity index (χ3n) is 3.86. The van der Waals surface area contributed by atoms with Crippen molar-refractivity contribution < 1.29 is 17.9 Å². The molecule has 1 aliphatic heterocycles. The van der Waals surface area contributed by atoms with E-state index in [0.717, 1.165) is 6.42 Å². The largest absolute Gasteiger partial charge is 0.368 e. The van der Waals surface area contributed by atoms with Crippen molar-refractivity contribution in [3.8, 4) is 0 Å². The third kappa shape index (κ3) is 4.36. The lowest BCUT2D eigenvalue weighted by molar-refractivity contribution is -0.124. The zero-order chi connectivity index (χ0) is 18.7. The molecule has 138 valence electrons. The van der Waals surface area contributed by atoms with E-state index in [1.54, 1.807) is 19.9 Å². The molecule has 1 amide bonds. The molecule has 1 aliphatic rings. The lowest BCUT2D eigenvalue weighted by Crippen LogP contribution is -2.26. The van der Waals surface area contributed by atoms with Crippen LogP contribution in [0, 0.1) is 13.8 Å². The molecule has 3 rings (SSSR count). The third-order valence-corrected chi connectivity index (χ3v) is 5.23. The van der Waals surface area contributed by atoms with Gasteiger partial charge in [0.25, 0.3) is 15.9 Å². The van der Waals surface area contributed by atoms with Crippen molar-refractivity contribution in [2.75, 3.05) is 16.6 Å². The van der Waals surface area contributed by atoms with E-state index in [9.17, 15) is 13.2 Å². The second kappa shape index (κ2) is 7.38. The SMILES string of the molecule is Cc1cc(NS(=O)(=O)c2ccc(NC(=O)[C@H]3CCCO3)cc2)nc(C)n1. The van der Waals surface area contributed by atoms with E-state index in [2.05, 4.69) is 20.0 Å². The van der Waals surface area contributed by atoms with Gasteiger partial charge in [-0.15, -0.1) is 0 Å². The number of aromatic nitrogens is 2. The first-order valence-corrected chi connectivity index (χ1v) is 9.69. The molecule has 8 nitrogen and oxygen atoms in total. The topological polar surface area (TPSA) is 110 Å². The molecular formula is C17H20N4O4S. The maximum atomic E-state index is 12.5. The summed E-state index contributed by atoms with van der Waals surface area (Å²) in [5, 5.41) is 2.73. The molecule has 0 radical (unpaired) electrons. The average Bonchev–Trinajstić information content (AvgIpc) is 3.08. The number of rotatable bonds is 5. The fourth-order valence-electron chi connectivity index (χ4n) is 2.69. The molecule has 1 fully saturated rings. The van der Waals surface area contributed by atoms with Crippen LogP contribution in [-0.2, 0) is 19.6 Å². The van der Waals surface area contributed by atoms with Gasteiger partial charge in [0.05, 0.1) is 4.90 Å². The van der Waals surface area contributed by atoms with Crippen LogP contribution in [0.2, 0.25) is 0 Å². The Hall–Kier alpha value is -2.52. The number of amides is 1. The monoisotopic (exact) mass is 376 g/mol. The smallest absolute Gasteiger partial charge is 0.263 e. The Kier molecular flexibility index (Phi) is 5.19. The molecule has 2 heterocycles. The summed E-state index contributed by atoms with van der Waals surface area (Å²) in [5.74, 6) is 0.476. The second-order valence-corrected chi connectivity index (χ2v) is 7.74. The van der Waals surface area contributed by atoms with Gasteiger partial charge in [-0.1, -0.05) is 0 Å². The number of carbonyl (C=O) groups excluding carboxylic acids is 1. The standard InChI is InChI=1S/C17H20N4O4S/c1-11-10-16(19-12(2)18-11)21-26(23,24)14-7-5-13(6-8-14)20-17(22)15-4-3-9-25-15/h5-8,10,15H,3-4,9H2,1-2H3,(H,20,22)(H,18,19,21)/t15-/m1/s1. The normalized spacial score (nSPS) is 17.1. The number of anilines is 2. The van der Waals surface area contributed by atoms with Gasteiger partial charge in [0.1, 0.15) is 17.7 Å². The molecule has 0 spiro atoms. The van der Waals surface area contributed by atoms with Crippen LogP contribution in [-0.4, -0.2) is 37.0 Å². The minimum atomic E-state index is -3.79. The molecule has 1 aromatic carbocycles. The Morgan fingerprint density at radius 2 is 1.92 bits per heavy atom. The number of sulfonamides is 1. The Balaban J connectivity index is 1.71. The molecule has 0 bridgehead atoms. The molecule has 0 aliphatic carbocycles. The summed E-state index contributed by atoms with van der Waals surface area (Å²) in [6, 6.07) is 7.49.